The van der Waals surface area contributed by atoms with Crippen molar-refractivity contribution in [3.63, 3.8) is 0 Å². The lowest BCUT2D eigenvalue weighted by Crippen LogP contribution is -2.36. The molecule has 4 rings (SSSR count). The number of carbonyl (C=O) groups excluding carboxylic acids is 1. The van der Waals surface area contributed by atoms with E-state index in [1.807, 2.05) is 28.8 Å². The van der Waals surface area contributed by atoms with Crippen molar-refractivity contribution in [2.75, 3.05) is 25.0 Å². The average molecular weight is 449 g/mol. The number of benzene rings is 2. The van der Waals surface area contributed by atoms with Crippen LogP contribution < -0.4 is 16.4 Å². The topological polar surface area (TPSA) is 105 Å². The first-order valence-corrected chi connectivity index (χ1v) is 11.2. The van der Waals surface area contributed by atoms with Crippen molar-refractivity contribution < 1.29 is 4.79 Å². The summed E-state index contributed by atoms with van der Waals surface area (Å²) in [7, 11) is 0. The summed E-state index contributed by atoms with van der Waals surface area (Å²) < 4.78 is 3.41. The molecule has 2 N–H and O–H groups in total. The van der Waals surface area contributed by atoms with Gasteiger partial charge in [0.2, 0.25) is 5.95 Å². The van der Waals surface area contributed by atoms with Gasteiger partial charge in [-0.1, -0.05) is 26.0 Å². The van der Waals surface area contributed by atoms with Crippen LogP contribution in [0.1, 0.15) is 31.1 Å². The van der Waals surface area contributed by atoms with Gasteiger partial charge in [0, 0.05) is 25.2 Å². The van der Waals surface area contributed by atoms with Gasteiger partial charge in [0.05, 0.1) is 22.1 Å². The number of para-hydroxylation sites is 2. The SMILES string of the molecule is CCN(CC)CCn1c(NC(=O)c2ccc3c(c2)[nH]c(=O)c(=O)n3CC)nc2ccccc21. The number of aromatic amines is 1. The second-order valence-electron chi connectivity index (χ2n) is 7.79. The van der Waals surface area contributed by atoms with Crippen molar-refractivity contribution in [3.8, 4) is 0 Å². The molecule has 9 nitrogen and oxygen atoms in total. The molecule has 0 atom stereocenters. The number of aromatic nitrogens is 4. The summed E-state index contributed by atoms with van der Waals surface area (Å²) in [4.78, 5) is 46.7. The highest BCUT2D eigenvalue weighted by molar-refractivity contribution is 6.05. The van der Waals surface area contributed by atoms with Gasteiger partial charge in [-0.25, -0.2) is 4.98 Å². The van der Waals surface area contributed by atoms with Crippen molar-refractivity contribution in [2.45, 2.75) is 33.9 Å². The molecule has 2 aromatic heterocycles. The number of hydrogen-bond acceptors (Lipinski definition) is 5. The molecule has 0 spiro atoms. The molecular formula is C24H28N6O3. The minimum atomic E-state index is -0.708. The van der Waals surface area contributed by atoms with E-state index in [1.165, 1.54) is 4.57 Å². The van der Waals surface area contributed by atoms with Gasteiger partial charge in [-0.3, -0.25) is 19.7 Å². The lowest BCUT2D eigenvalue weighted by molar-refractivity contribution is 0.102. The first-order valence-electron chi connectivity index (χ1n) is 11.2. The Morgan fingerprint density at radius 2 is 1.79 bits per heavy atom. The van der Waals surface area contributed by atoms with E-state index in [9.17, 15) is 14.4 Å². The Hall–Kier alpha value is -3.72. The summed E-state index contributed by atoms with van der Waals surface area (Å²) in [5, 5.41) is 2.93. The molecular weight excluding hydrogens is 420 g/mol. The van der Waals surface area contributed by atoms with Crippen molar-refractivity contribution >= 4 is 33.9 Å². The number of nitrogens with zero attached hydrogens (tertiary/aromatic N) is 4. The van der Waals surface area contributed by atoms with Crippen LogP contribution in [0.5, 0.6) is 0 Å². The fourth-order valence-corrected chi connectivity index (χ4v) is 4.09. The molecule has 0 fully saturated rings. The maximum atomic E-state index is 13.1. The quantitative estimate of drug-likeness (QED) is 0.403. The Morgan fingerprint density at radius 1 is 1.03 bits per heavy atom. The number of imidazole rings is 1. The molecule has 0 radical (unpaired) electrons. The molecule has 0 aliphatic heterocycles. The van der Waals surface area contributed by atoms with E-state index in [1.54, 1.807) is 25.1 Å². The number of amides is 1. The van der Waals surface area contributed by atoms with Gasteiger partial charge in [-0.2, -0.15) is 0 Å². The molecule has 0 aliphatic carbocycles. The van der Waals surface area contributed by atoms with E-state index in [-0.39, 0.29) is 5.91 Å². The normalized spacial score (nSPS) is 11.5. The van der Waals surface area contributed by atoms with E-state index in [4.69, 9.17) is 0 Å². The van der Waals surface area contributed by atoms with Crippen LogP contribution in [0.2, 0.25) is 0 Å². The van der Waals surface area contributed by atoms with Gasteiger partial charge in [0.15, 0.2) is 0 Å². The third kappa shape index (κ3) is 4.31. The zero-order valence-corrected chi connectivity index (χ0v) is 19.1. The molecule has 1 amide bonds. The highest BCUT2D eigenvalue weighted by Crippen LogP contribution is 2.21. The lowest BCUT2D eigenvalue weighted by Gasteiger charge is -2.19. The molecule has 0 aliphatic rings. The van der Waals surface area contributed by atoms with E-state index in [0.717, 1.165) is 30.7 Å². The number of carbonyl (C=O) groups is 1. The first kappa shape index (κ1) is 22.5. The second kappa shape index (κ2) is 9.41. The van der Waals surface area contributed by atoms with Crippen LogP contribution in [0.4, 0.5) is 5.95 Å². The van der Waals surface area contributed by atoms with Crippen molar-refractivity contribution in [1.29, 1.82) is 0 Å². The maximum absolute atomic E-state index is 13.1. The lowest BCUT2D eigenvalue weighted by atomic mass is 10.1. The maximum Gasteiger partial charge on any atom is 0.316 e. The summed E-state index contributed by atoms with van der Waals surface area (Å²) in [6.07, 6.45) is 0. The Bertz CT molecular complexity index is 1430. The van der Waals surface area contributed by atoms with E-state index < -0.39 is 11.1 Å². The minimum Gasteiger partial charge on any atom is -0.316 e. The Morgan fingerprint density at radius 3 is 2.52 bits per heavy atom. The number of anilines is 1. The van der Waals surface area contributed by atoms with Gasteiger partial charge in [-0.05, 0) is 50.3 Å². The highest BCUT2D eigenvalue weighted by atomic mass is 16.2. The minimum absolute atomic E-state index is 0.341. The summed E-state index contributed by atoms with van der Waals surface area (Å²) in [6.45, 7) is 9.82. The molecule has 0 saturated heterocycles. The summed E-state index contributed by atoms with van der Waals surface area (Å²) in [5.41, 5.74) is 1.82. The standard InChI is InChI=1S/C24H28N6O3/c1-4-28(5-2)13-14-30-19-10-8-7-9-17(19)26-24(30)27-21(31)16-11-12-20-18(15-16)25-22(32)23(33)29(20)6-3/h7-12,15H,4-6,13-14H2,1-3H3,(H,25,32)(H,26,27,31). The average Bonchev–Trinajstić information content (AvgIpc) is 3.17. The van der Waals surface area contributed by atoms with Crippen molar-refractivity contribution in [3.05, 3.63) is 68.7 Å². The zero-order chi connectivity index (χ0) is 23.5. The van der Waals surface area contributed by atoms with E-state index in [0.29, 0.717) is 35.6 Å². The first-order chi connectivity index (χ1) is 16.0. The highest BCUT2D eigenvalue weighted by Gasteiger charge is 2.16. The van der Waals surface area contributed by atoms with Crippen LogP contribution in [-0.4, -0.2) is 49.5 Å². The van der Waals surface area contributed by atoms with Crippen molar-refractivity contribution in [2.24, 2.45) is 0 Å². The summed E-state index contributed by atoms with van der Waals surface area (Å²) >= 11 is 0. The van der Waals surface area contributed by atoms with Crippen LogP contribution >= 0.6 is 0 Å². The number of likely N-dealkylation sites (N-methyl/N-ethyl adjacent to an activating group) is 1. The zero-order valence-electron chi connectivity index (χ0n) is 19.1. The van der Waals surface area contributed by atoms with Gasteiger partial charge in [0.25, 0.3) is 5.91 Å². The smallest absolute Gasteiger partial charge is 0.316 e. The van der Waals surface area contributed by atoms with Crippen LogP contribution in [-0.2, 0) is 13.1 Å². The molecule has 2 aromatic carbocycles. The fourth-order valence-electron chi connectivity index (χ4n) is 4.09. The number of H-pyrrole nitrogens is 1. The summed E-state index contributed by atoms with van der Waals surface area (Å²) in [6, 6.07) is 12.7. The molecule has 2 heterocycles. The number of fused-ring (bicyclic) bond motifs is 2. The van der Waals surface area contributed by atoms with Gasteiger partial charge in [-0.15, -0.1) is 0 Å². The predicted octanol–water partition coefficient (Wildman–Crippen LogP) is 2.65. The number of aryl methyl sites for hydroxylation is 1. The van der Waals surface area contributed by atoms with Gasteiger partial charge >= 0.3 is 11.1 Å². The molecule has 9 heteroatoms. The largest absolute Gasteiger partial charge is 0.316 e. The number of hydrogen-bond donors (Lipinski definition) is 2. The monoisotopic (exact) mass is 448 g/mol. The number of rotatable bonds is 8. The van der Waals surface area contributed by atoms with Crippen LogP contribution in [0, 0.1) is 0 Å². The third-order valence-electron chi connectivity index (χ3n) is 5.97. The second-order valence-corrected chi connectivity index (χ2v) is 7.79. The predicted molar refractivity (Wildman–Crippen MR) is 130 cm³/mol. The van der Waals surface area contributed by atoms with Crippen LogP contribution in [0.3, 0.4) is 0 Å². The Balaban J connectivity index is 1.68. The van der Waals surface area contributed by atoms with Crippen molar-refractivity contribution in [1.82, 2.24) is 24.0 Å². The Kier molecular flexibility index (Phi) is 6.41. The van der Waals surface area contributed by atoms with E-state index in [2.05, 4.69) is 34.0 Å². The Labute approximate surface area is 190 Å². The van der Waals surface area contributed by atoms with E-state index >= 15 is 0 Å². The molecule has 4 aromatic rings. The van der Waals surface area contributed by atoms with Gasteiger partial charge in [0.1, 0.15) is 0 Å². The molecule has 33 heavy (non-hydrogen) atoms. The van der Waals surface area contributed by atoms with Crippen LogP contribution in [0.25, 0.3) is 22.1 Å². The van der Waals surface area contributed by atoms with Gasteiger partial charge < -0.3 is 19.0 Å². The summed E-state index contributed by atoms with van der Waals surface area (Å²) in [5.74, 6) is 0.131. The van der Waals surface area contributed by atoms with Crippen LogP contribution in [0.15, 0.2) is 52.1 Å². The third-order valence-corrected chi connectivity index (χ3v) is 5.97. The fraction of sp³-hybridized carbons (Fsp3) is 0.333. The number of nitrogens with one attached hydrogen (secondary N) is 2. The molecule has 0 unspecified atom stereocenters. The molecule has 172 valence electrons. The molecule has 0 saturated carbocycles. The molecule has 0 bridgehead atoms.